The molecule has 3 N–H and O–H groups in total. The Bertz CT molecular complexity index is 972. The number of benzene rings is 1. The summed E-state index contributed by atoms with van der Waals surface area (Å²) in [4.78, 5) is 29.7. The van der Waals surface area contributed by atoms with E-state index in [-0.39, 0.29) is 18.1 Å². The molecule has 0 aliphatic carbocycles. The van der Waals surface area contributed by atoms with Crippen LogP contribution in [0.5, 0.6) is 0 Å². The fourth-order valence-electron chi connectivity index (χ4n) is 4.41. The van der Waals surface area contributed by atoms with Crippen LogP contribution in [0.4, 0.5) is 0 Å². The van der Waals surface area contributed by atoms with Gasteiger partial charge in [0.1, 0.15) is 6.10 Å². The van der Waals surface area contributed by atoms with Gasteiger partial charge in [0.2, 0.25) is 5.56 Å². The lowest BCUT2D eigenvalue weighted by molar-refractivity contribution is -0.221. The Balaban J connectivity index is 1.56. The molecular formula is C21H26N2O5. The van der Waals surface area contributed by atoms with Gasteiger partial charge >= 0.3 is 0 Å². The summed E-state index contributed by atoms with van der Waals surface area (Å²) in [5.74, 6) is -0.167. The first-order valence-corrected chi connectivity index (χ1v) is 9.67. The van der Waals surface area contributed by atoms with E-state index < -0.39 is 17.3 Å². The summed E-state index contributed by atoms with van der Waals surface area (Å²) in [5, 5.41) is 21.1. The Hall–Kier alpha value is -2.22. The van der Waals surface area contributed by atoms with Gasteiger partial charge in [0.05, 0.1) is 23.4 Å². The number of piperidine rings is 1. The molecule has 1 spiro atoms. The average Bonchev–Trinajstić information content (AvgIpc) is 2.65. The highest BCUT2D eigenvalue weighted by atomic mass is 16.5. The van der Waals surface area contributed by atoms with Crippen LogP contribution in [0.3, 0.4) is 0 Å². The van der Waals surface area contributed by atoms with Crippen LogP contribution < -0.4 is 5.56 Å². The van der Waals surface area contributed by atoms with Crippen LogP contribution in [0.2, 0.25) is 0 Å². The van der Waals surface area contributed by atoms with Gasteiger partial charge in [-0.25, -0.2) is 0 Å². The zero-order valence-corrected chi connectivity index (χ0v) is 16.2. The van der Waals surface area contributed by atoms with Crippen molar-refractivity contribution >= 4 is 16.8 Å². The van der Waals surface area contributed by atoms with E-state index in [1.807, 2.05) is 25.1 Å². The first-order valence-electron chi connectivity index (χ1n) is 9.67. The number of aryl methyl sites for hydroxylation is 1. The van der Waals surface area contributed by atoms with E-state index in [4.69, 9.17) is 4.74 Å². The predicted molar refractivity (Wildman–Crippen MR) is 104 cm³/mol. The maximum atomic E-state index is 13.2. The summed E-state index contributed by atoms with van der Waals surface area (Å²) in [5.41, 5.74) is 0.0643. The van der Waals surface area contributed by atoms with Crippen LogP contribution in [-0.2, 0) is 4.74 Å². The van der Waals surface area contributed by atoms with E-state index >= 15 is 0 Å². The number of amides is 1. The van der Waals surface area contributed by atoms with Crippen molar-refractivity contribution in [3.05, 3.63) is 45.7 Å². The molecule has 3 heterocycles. The molecule has 1 aromatic carbocycles. The van der Waals surface area contributed by atoms with Crippen LogP contribution in [0.25, 0.3) is 10.9 Å². The van der Waals surface area contributed by atoms with Gasteiger partial charge < -0.3 is 24.8 Å². The summed E-state index contributed by atoms with van der Waals surface area (Å²) in [6, 6.07) is 6.99. The van der Waals surface area contributed by atoms with E-state index in [0.717, 1.165) is 10.9 Å². The summed E-state index contributed by atoms with van der Waals surface area (Å²) in [7, 11) is 0. The lowest BCUT2D eigenvalue weighted by Gasteiger charge is -2.49. The standard InChI is InChI=1S/C21H26N2O5/c1-13-3-4-16-14(9-13)15(10-18(25)22-16)19(26)23-7-5-21(6-8-23)12-20(2,27)17(24)11-28-21/h3-4,9-10,17,24,27H,5-8,11-12H2,1-2H3,(H,22,25)/t17-,20-/m0/s1. The third kappa shape index (κ3) is 3.34. The smallest absolute Gasteiger partial charge is 0.254 e. The SMILES string of the molecule is Cc1ccc2[nH]c(=O)cc(C(=O)N3CCC4(CC3)C[C@](C)(O)[C@@H](O)CO4)c2c1. The molecule has 150 valence electrons. The van der Waals surface area contributed by atoms with Gasteiger partial charge in [-0.1, -0.05) is 11.6 Å². The monoisotopic (exact) mass is 386 g/mol. The molecule has 2 atom stereocenters. The van der Waals surface area contributed by atoms with E-state index in [1.54, 1.807) is 11.8 Å². The average molecular weight is 386 g/mol. The van der Waals surface area contributed by atoms with Crippen molar-refractivity contribution in [2.24, 2.45) is 0 Å². The minimum atomic E-state index is -1.19. The van der Waals surface area contributed by atoms with E-state index in [2.05, 4.69) is 4.98 Å². The zero-order chi connectivity index (χ0) is 20.1. The van der Waals surface area contributed by atoms with Gasteiger partial charge in [-0.3, -0.25) is 9.59 Å². The first-order chi connectivity index (χ1) is 13.2. The van der Waals surface area contributed by atoms with Crippen LogP contribution in [0.15, 0.2) is 29.1 Å². The number of nitrogens with one attached hydrogen (secondary N) is 1. The largest absolute Gasteiger partial charge is 0.388 e. The summed E-state index contributed by atoms with van der Waals surface area (Å²) in [6.07, 6.45) is 0.614. The van der Waals surface area contributed by atoms with E-state index in [9.17, 15) is 19.8 Å². The molecular weight excluding hydrogens is 360 g/mol. The minimum absolute atomic E-state index is 0.0962. The number of aromatic nitrogens is 1. The highest BCUT2D eigenvalue weighted by Crippen LogP contribution is 2.39. The van der Waals surface area contributed by atoms with Gasteiger partial charge in [-0.15, -0.1) is 0 Å². The van der Waals surface area contributed by atoms with Gasteiger partial charge in [0, 0.05) is 36.5 Å². The summed E-state index contributed by atoms with van der Waals surface area (Å²) < 4.78 is 5.89. The Kier molecular flexibility index (Phi) is 4.56. The number of ether oxygens (including phenoxy) is 1. The molecule has 0 radical (unpaired) electrons. The number of aliphatic hydroxyl groups is 2. The van der Waals surface area contributed by atoms with Crippen LogP contribution in [-0.4, -0.2) is 63.0 Å². The third-order valence-electron chi connectivity index (χ3n) is 6.14. The molecule has 0 bridgehead atoms. The second-order valence-electron chi connectivity index (χ2n) is 8.43. The molecule has 2 aliphatic heterocycles. The van der Waals surface area contributed by atoms with E-state index in [1.165, 1.54) is 6.07 Å². The highest BCUT2D eigenvalue weighted by Gasteiger charge is 2.49. The third-order valence-corrected chi connectivity index (χ3v) is 6.14. The van der Waals surface area contributed by atoms with E-state index in [0.29, 0.717) is 43.4 Å². The maximum absolute atomic E-state index is 13.2. The molecule has 0 saturated carbocycles. The minimum Gasteiger partial charge on any atom is -0.388 e. The lowest BCUT2D eigenvalue weighted by atomic mass is 9.76. The maximum Gasteiger partial charge on any atom is 0.254 e. The highest BCUT2D eigenvalue weighted by molar-refractivity contribution is 6.06. The quantitative estimate of drug-likeness (QED) is 0.686. The Morgan fingerprint density at radius 1 is 1.29 bits per heavy atom. The summed E-state index contributed by atoms with van der Waals surface area (Å²) in [6.45, 7) is 4.63. The molecule has 2 saturated heterocycles. The Morgan fingerprint density at radius 3 is 2.68 bits per heavy atom. The van der Waals surface area contributed by atoms with Crippen molar-refractivity contribution in [3.8, 4) is 0 Å². The number of carbonyl (C=O) groups is 1. The zero-order valence-electron chi connectivity index (χ0n) is 16.2. The second-order valence-corrected chi connectivity index (χ2v) is 8.43. The number of carbonyl (C=O) groups excluding carboxylic acids is 1. The number of H-pyrrole nitrogens is 1. The molecule has 2 fully saturated rings. The van der Waals surface area contributed by atoms with Crippen LogP contribution >= 0.6 is 0 Å². The first kappa shape index (κ1) is 19.1. The lowest BCUT2D eigenvalue weighted by Crippen LogP contribution is -2.59. The molecule has 1 amide bonds. The molecule has 7 nitrogen and oxygen atoms in total. The number of hydrogen-bond acceptors (Lipinski definition) is 5. The second kappa shape index (κ2) is 6.69. The summed E-state index contributed by atoms with van der Waals surface area (Å²) >= 11 is 0. The molecule has 7 heteroatoms. The molecule has 4 rings (SSSR count). The number of rotatable bonds is 1. The van der Waals surface area contributed by atoms with Crippen LogP contribution in [0, 0.1) is 6.92 Å². The van der Waals surface area contributed by atoms with Crippen molar-refractivity contribution in [1.29, 1.82) is 0 Å². The molecule has 2 aliphatic rings. The van der Waals surface area contributed by atoms with Crippen molar-refractivity contribution in [2.75, 3.05) is 19.7 Å². The van der Waals surface area contributed by atoms with Gasteiger partial charge in [0.15, 0.2) is 0 Å². The molecule has 28 heavy (non-hydrogen) atoms. The molecule has 0 unspecified atom stereocenters. The van der Waals surface area contributed by atoms with Gasteiger partial charge in [-0.05, 0) is 38.8 Å². The normalized spacial score (nSPS) is 27.3. The number of aliphatic hydroxyl groups excluding tert-OH is 1. The number of hydrogen-bond donors (Lipinski definition) is 3. The fraction of sp³-hybridized carbons (Fsp3) is 0.524. The molecule has 1 aromatic heterocycles. The number of pyridine rings is 1. The number of nitrogens with zero attached hydrogens (tertiary/aromatic N) is 1. The van der Waals surface area contributed by atoms with Crippen molar-refractivity contribution in [1.82, 2.24) is 9.88 Å². The molecule has 2 aromatic rings. The Morgan fingerprint density at radius 2 is 2.00 bits per heavy atom. The van der Waals surface area contributed by atoms with Crippen molar-refractivity contribution in [3.63, 3.8) is 0 Å². The predicted octanol–water partition coefficient (Wildman–Crippen LogP) is 1.34. The van der Waals surface area contributed by atoms with Crippen molar-refractivity contribution < 1.29 is 19.7 Å². The van der Waals surface area contributed by atoms with Gasteiger partial charge in [0.25, 0.3) is 5.91 Å². The van der Waals surface area contributed by atoms with Crippen LogP contribution in [0.1, 0.15) is 42.1 Å². The number of fused-ring (bicyclic) bond motifs is 1. The number of aromatic amines is 1. The topological polar surface area (TPSA) is 103 Å². The van der Waals surface area contributed by atoms with Crippen molar-refractivity contribution in [2.45, 2.75) is 50.4 Å². The number of likely N-dealkylation sites (tertiary alicyclic amines) is 1. The Labute approximate surface area is 162 Å². The van der Waals surface area contributed by atoms with Gasteiger partial charge in [-0.2, -0.15) is 0 Å². The fourth-order valence-corrected chi connectivity index (χ4v) is 4.41.